The van der Waals surface area contributed by atoms with Crippen LogP contribution >= 0.6 is 11.6 Å². The van der Waals surface area contributed by atoms with E-state index in [1.165, 1.54) is 0 Å². The summed E-state index contributed by atoms with van der Waals surface area (Å²) in [6, 6.07) is 1.31. The Labute approximate surface area is 93.5 Å². The molecule has 3 nitrogen and oxygen atoms in total. The van der Waals surface area contributed by atoms with Crippen LogP contribution in [-0.2, 0) is 5.88 Å². The summed E-state index contributed by atoms with van der Waals surface area (Å²) in [4.78, 5) is 0. The largest absolute Gasteiger partial charge is 0.281 e. The normalized spacial score (nSPS) is 10.8. The lowest BCUT2D eigenvalue weighted by Gasteiger charge is -2.06. The Balaban J connectivity index is 2.64. The van der Waals surface area contributed by atoms with Gasteiger partial charge in [-0.25, -0.2) is 13.2 Å². The van der Waals surface area contributed by atoms with Crippen molar-refractivity contribution in [3.63, 3.8) is 0 Å². The molecule has 0 aliphatic rings. The van der Waals surface area contributed by atoms with Gasteiger partial charge in [0, 0.05) is 12.1 Å². The Hall–Kier alpha value is -1.56. The van der Waals surface area contributed by atoms with Crippen molar-refractivity contribution >= 4 is 11.6 Å². The lowest BCUT2D eigenvalue weighted by molar-refractivity contribution is 0.490. The number of hydrogen-bond donors (Lipinski definition) is 0. The van der Waals surface area contributed by atoms with Gasteiger partial charge >= 0.3 is 0 Å². The van der Waals surface area contributed by atoms with Crippen molar-refractivity contribution in [3.05, 3.63) is 41.7 Å². The van der Waals surface area contributed by atoms with Crippen LogP contribution in [0.3, 0.4) is 0 Å². The van der Waals surface area contributed by atoms with Gasteiger partial charge in [-0.05, 0) is 0 Å². The van der Waals surface area contributed by atoms with Gasteiger partial charge in [-0.15, -0.1) is 21.8 Å². The second-order valence-corrected chi connectivity index (χ2v) is 3.24. The van der Waals surface area contributed by atoms with Gasteiger partial charge in [0.2, 0.25) is 0 Å². The molecule has 0 unspecified atom stereocenters. The smallest absolute Gasteiger partial charge is 0.183 e. The van der Waals surface area contributed by atoms with Crippen molar-refractivity contribution in [2.45, 2.75) is 5.88 Å². The van der Waals surface area contributed by atoms with Gasteiger partial charge in [-0.2, -0.15) is 0 Å². The number of benzene rings is 1. The molecule has 0 bridgehead atoms. The Morgan fingerprint density at radius 1 is 1.25 bits per heavy atom. The van der Waals surface area contributed by atoms with E-state index in [4.69, 9.17) is 11.6 Å². The van der Waals surface area contributed by atoms with Gasteiger partial charge in [0.25, 0.3) is 0 Å². The van der Waals surface area contributed by atoms with Gasteiger partial charge in [-0.3, -0.25) is 4.57 Å². The van der Waals surface area contributed by atoms with Crippen LogP contribution in [0.4, 0.5) is 13.2 Å². The van der Waals surface area contributed by atoms with E-state index in [9.17, 15) is 13.2 Å². The van der Waals surface area contributed by atoms with Crippen molar-refractivity contribution in [2.75, 3.05) is 0 Å². The second-order valence-electron chi connectivity index (χ2n) is 2.97. The third-order valence-electron chi connectivity index (χ3n) is 1.97. The molecule has 2 rings (SSSR count). The molecule has 1 heterocycles. The van der Waals surface area contributed by atoms with Crippen LogP contribution in [0.5, 0.6) is 0 Å². The van der Waals surface area contributed by atoms with E-state index < -0.39 is 17.5 Å². The summed E-state index contributed by atoms with van der Waals surface area (Å²) in [6.45, 7) is 0. The third kappa shape index (κ3) is 1.76. The highest BCUT2D eigenvalue weighted by molar-refractivity contribution is 6.16. The predicted octanol–water partition coefficient (Wildman–Crippen LogP) is 2.42. The average Bonchev–Trinajstić information content (AvgIpc) is 2.71. The van der Waals surface area contributed by atoms with E-state index in [-0.39, 0.29) is 17.4 Å². The first kappa shape index (κ1) is 10.9. The first-order valence-electron chi connectivity index (χ1n) is 4.23. The first-order valence-corrected chi connectivity index (χ1v) is 4.76. The van der Waals surface area contributed by atoms with Crippen LogP contribution in [0.1, 0.15) is 5.82 Å². The molecular weight excluding hydrogens is 243 g/mol. The number of nitrogens with zero attached hydrogens (tertiary/aromatic N) is 3. The summed E-state index contributed by atoms with van der Waals surface area (Å²) in [7, 11) is 0. The molecule has 7 heteroatoms. The van der Waals surface area contributed by atoms with E-state index in [1.807, 2.05) is 0 Å². The zero-order valence-corrected chi connectivity index (χ0v) is 8.55. The third-order valence-corrected chi connectivity index (χ3v) is 2.21. The minimum Gasteiger partial charge on any atom is -0.281 e. The number of hydrogen-bond acceptors (Lipinski definition) is 2. The minimum absolute atomic E-state index is 0.0441. The average molecular weight is 248 g/mol. The Morgan fingerprint density at radius 3 is 2.69 bits per heavy atom. The van der Waals surface area contributed by atoms with Crippen molar-refractivity contribution < 1.29 is 13.2 Å². The maximum atomic E-state index is 13.4. The molecule has 0 saturated carbocycles. The zero-order valence-electron chi connectivity index (χ0n) is 7.79. The second kappa shape index (κ2) is 4.13. The fourth-order valence-electron chi connectivity index (χ4n) is 1.27. The van der Waals surface area contributed by atoms with Crippen LogP contribution in [0.25, 0.3) is 5.69 Å². The van der Waals surface area contributed by atoms with Gasteiger partial charge < -0.3 is 0 Å². The molecule has 2 aromatic rings. The lowest BCUT2D eigenvalue weighted by Crippen LogP contribution is -2.03. The van der Waals surface area contributed by atoms with E-state index in [2.05, 4.69) is 10.2 Å². The molecule has 0 N–H and O–H groups in total. The molecular formula is C9H5ClF3N3. The quantitative estimate of drug-likeness (QED) is 0.603. The van der Waals surface area contributed by atoms with Crippen molar-refractivity contribution in [3.8, 4) is 5.69 Å². The Bertz CT molecular complexity index is 527. The summed E-state index contributed by atoms with van der Waals surface area (Å²) in [5.74, 6) is -3.18. The molecule has 0 spiro atoms. The molecule has 0 atom stereocenters. The summed E-state index contributed by atoms with van der Waals surface area (Å²) < 4.78 is 40.4. The number of halogens is 4. The number of alkyl halides is 1. The maximum absolute atomic E-state index is 13.4. The Kier molecular flexibility index (Phi) is 2.82. The van der Waals surface area contributed by atoms with Crippen LogP contribution < -0.4 is 0 Å². The molecule has 84 valence electrons. The highest BCUT2D eigenvalue weighted by atomic mass is 35.5. The molecule has 0 saturated heterocycles. The van der Waals surface area contributed by atoms with Crippen LogP contribution in [-0.4, -0.2) is 14.8 Å². The molecule has 16 heavy (non-hydrogen) atoms. The SMILES string of the molecule is Fc1cc(F)c(F)c(-n2cnnc2CCl)c1. The van der Waals surface area contributed by atoms with E-state index in [0.29, 0.717) is 6.07 Å². The van der Waals surface area contributed by atoms with Gasteiger partial charge in [0.05, 0.1) is 11.6 Å². The molecule has 0 aliphatic heterocycles. The fraction of sp³-hybridized carbons (Fsp3) is 0.111. The lowest BCUT2D eigenvalue weighted by atomic mass is 10.2. The van der Waals surface area contributed by atoms with Gasteiger partial charge in [0.1, 0.15) is 12.1 Å². The van der Waals surface area contributed by atoms with Crippen molar-refractivity contribution in [1.82, 2.24) is 14.8 Å². The van der Waals surface area contributed by atoms with Crippen molar-refractivity contribution in [1.29, 1.82) is 0 Å². The van der Waals surface area contributed by atoms with E-state index in [1.54, 1.807) is 0 Å². The van der Waals surface area contributed by atoms with Crippen molar-refractivity contribution in [2.24, 2.45) is 0 Å². The summed E-state index contributed by atoms with van der Waals surface area (Å²) >= 11 is 5.52. The van der Waals surface area contributed by atoms with Crippen LogP contribution in [0.2, 0.25) is 0 Å². The molecule has 0 radical (unpaired) electrons. The highest BCUT2D eigenvalue weighted by Gasteiger charge is 2.15. The van der Waals surface area contributed by atoms with Gasteiger partial charge in [-0.1, -0.05) is 0 Å². The minimum atomic E-state index is -1.27. The topological polar surface area (TPSA) is 30.7 Å². The van der Waals surface area contributed by atoms with E-state index in [0.717, 1.165) is 17.0 Å². The molecule has 0 amide bonds. The fourth-order valence-corrected chi connectivity index (χ4v) is 1.45. The Morgan fingerprint density at radius 2 is 2.00 bits per heavy atom. The van der Waals surface area contributed by atoms with E-state index >= 15 is 0 Å². The standard InChI is InChI=1S/C9H5ClF3N3/c10-3-8-15-14-4-16(8)7-2-5(11)1-6(12)9(7)13/h1-2,4H,3H2. The molecule has 1 aromatic heterocycles. The molecule has 0 fully saturated rings. The molecule has 1 aromatic carbocycles. The van der Waals surface area contributed by atoms with Gasteiger partial charge in [0.15, 0.2) is 17.5 Å². The zero-order chi connectivity index (χ0) is 11.7. The highest BCUT2D eigenvalue weighted by Crippen LogP contribution is 2.19. The molecule has 0 aliphatic carbocycles. The summed E-state index contributed by atoms with van der Waals surface area (Å²) in [5.41, 5.74) is -0.307. The predicted molar refractivity (Wildman–Crippen MR) is 50.8 cm³/mol. The van der Waals surface area contributed by atoms with Crippen LogP contribution in [0, 0.1) is 17.5 Å². The number of aromatic nitrogens is 3. The summed E-state index contributed by atoms with van der Waals surface area (Å²) in [6.07, 6.45) is 1.13. The number of rotatable bonds is 2. The summed E-state index contributed by atoms with van der Waals surface area (Å²) in [5, 5.41) is 7.07. The monoisotopic (exact) mass is 247 g/mol. The van der Waals surface area contributed by atoms with Crippen LogP contribution in [0.15, 0.2) is 18.5 Å². The maximum Gasteiger partial charge on any atom is 0.183 e. The first-order chi connectivity index (χ1) is 7.63.